The van der Waals surface area contributed by atoms with Gasteiger partial charge in [-0.15, -0.1) is 0 Å². The molecule has 12 heavy (non-hydrogen) atoms. The molecule has 1 atom stereocenters. The van der Waals surface area contributed by atoms with Crippen LogP contribution in [-0.2, 0) is 4.79 Å². The molecule has 3 nitrogen and oxygen atoms in total. The van der Waals surface area contributed by atoms with E-state index >= 15 is 0 Å². The minimum Gasteiger partial charge on any atom is -0.351 e. The van der Waals surface area contributed by atoms with E-state index in [-0.39, 0.29) is 6.54 Å². The summed E-state index contributed by atoms with van der Waals surface area (Å²) in [5.74, 6) is 0. The molecule has 1 aliphatic heterocycles. The van der Waals surface area contributed by atoms with Gasteiger partial charge in [-0.2, -0.15) is 13.2 Å². The van der Waals surface area contributed by atoms with Crippen molar-refractivity contribution in [1.29, 1.82) is 0 Å². The van der Waals surface area contributed by atoms with Crippen LogP contribution in [0.15, 0.2) is 4.99 Å². The lowest BCUT2D eigenvalue weighted by Gasteiger charge is -2.16. The van der Waals surface area contributed by atoms with Gasteiger partial charge in [0.05, 0.1) is 6.34 Å². The predicted octanol–water partition coefficient (Wildman–Crippen LogP) is 0.460. The van der Waals surface area contributed by atoms with Crippen LogP contribution in [0, 0.1) is 0 Å². The Labute approximate surface area is 66.9 Å². The molecule has 1 aliphatic rings. The summed E-state index contributed by atoms with van der Waals surface area (Å²) in [4.78, 5) is 14.6. The molecule has 0 saturated heterocycles. The lowest BCUT2D eigenvalue weighted by Crippen LogP contribution is -2.33. The van der Waals surface area contributed by atoms with E-state index < -0.39 is 18.8 Å². The number of hydrogen-bond acceptors (Lipinski definition) is 3. The van der Waals surface area contributed by atoms with Crippen molar-refractivity contribution in [2.45, 2.75) is 12.2 Å². The molecule has 68 valence electrons. The molecule has 1 unspecified atom stereocenters. The van der Waals surface area contributed by atoms with E-state index in [1.54, 1.807) is 0 Å². The molecule has 0 spiro atoms. The molecular weight excluding hydrogens is 173 g/mol. The van der Waals surface area contributed by atoms with Crippen molar-refractivity contribution in [2.24, 2.45) is 4.99 Å². The smallest absolute Gasteiger partial charge is 0.351 e. The van der Waals surface area contributed by atoms with Gasteiger partial charge in [-0.1, -0.05) is 0 Å². The average Bonchev–Trinajstić information content (AvgIpc) is 2.32. The van der Waals surface area contributed by atoms with Crippen LogP contribution >= 0.6 is 0 Å². The molecule has 1 heterocycles. The topological polar surface area (TPSA) is 32.7 Å². The van der Waals surface area contributed by atoms with Gasteiger partial charge in [-0.3, -0.25) is 4.99 Å². The number of aliphatic imine (C=N–C) groups is 1. The fourth-order valence-electron chi connectivity index (χ4n) is 0.928. The zero-order chi connectivity index (χ0) is 9.19. The minimum absolute atomic E-state index is 0.0308. The van der Waals surface area contributed by atoms with Crippen LogP contribution in [0.4, 0.5) is 13.2 Å². The molecule has 0 aliphatic carbocycles. The van der Waals surface area contributed by atoms with E-state index in [1.165, 1.54) is 0 Å². The molecule has 0 aromatic rings. The molecule has 0 radical (unpaired) electrons. The fraction of sp³-hybridized carbons (Fsp3) is 0.667. The van der Waals surface area contributed by atoms with Crippen molar-refractivity contribution in [3.05, 3.63) is 0 Å². The van der Waals surface area contributed by atoms with Crippen molar-refractivity contribution < 1.29 is 18.0 Å². The van der Waals surface area contributed by atoms with Crippen LogP contribution in [-0.4, -0.2) is 42.8 Å². The first-order chi connectivity index (χ1) is 5.51. The zero-order valence-electron chi connectivity index (χ0n) is 6.08. The van der Waals surface area contributed by atoms with Crippen molar-refractivity contribution >= 4 is 12.6 Å². The molecular formula is C6H7F3N2O. The first kappa shape index (κ1) is 9.02. The highest BCUT2D eigenvalue weighted by Gasteiger charge is 2.32. The van der Waals surface area contributed by atoms with Gasteiger partial charge in [0.15, 0.2) is 0 Å². The third kappa shape index (κ3) is 2.52. The SMILES string of the molecule is O=CC1CN(CC(F)(F)F)C=N1. The Balaban J connectivity index is 2.39. The number of halogens is 3. The van der Waals surface area contributed by atoms with Crippen molar-refractivity contribution in [3.63, 3.8) is 0 Å². The van der Waals surface area contributed by atoms with Gasteiger partial charge < -0.3 is 9.69 Å². The molecule has 0 aromatic carbocycles. The lowest BCUT2D eigenvalue weighted by atomic mass is 10.3. The molecule has 0 amide bonds. The van der Waals surface area contributed by atoms with Gasteiger partial charge >= 0.3 is 6.18 Å². The number of nitrogens with zero attached hydrogens (tertiary/aromatic N) is 2. The largest absolute Gasteiger partial charge is 0.405 e. The van der Waals surface area contributed by atoms with Crippen LogP contribution in [0.3, 0.4) is 0 Å². The Morgan fingerprint density at radius 2 is 2.33 bits per heavy atom. The number of alkyl halides is 3. The summed E-state index contributed by atoms with van der Waals surface area (Å²) in [7, 11) is 0. The number of carbonyl (C=O) groups excluding carboxylic acids is 1. The molecule has 1 rings (SSSR count). The highest BCUT2D eigenvalue weighted by atomic mass is 19.4. The summed E-state index contributed by atoms with van der Waals surface area (Å²) >= 11 is 0. The van der Waals surface area contributed by atoms with E-state index in [1.807, 2.05) is 0 Å². The van der Waals surface area contributed by atoms with Crippen LogP contribution in [0.2, 0.25) is 0 Å². The first-order valence-electron chi connectivity index (χ1n) is 3.30. The van der Waals surface area contributed by atoms with Gasteiger partial charge in [-0.05, 0) is 0 Å². The standard InChI is InChI=1S/C6H7F3N2O/c7-6(8,9)3-11-1-5(2-12)10-4-11/h2,4-5H,1,3H2. The Morgan fingerprint density at radius 1 is 1.67 bits per heavy atom. The number of rotatable bonds is 2. The maximum atomic E-state index is 11.7. The van der Waals surface area contributed by atoms with Crippen molar-refractivity contribution in [2.75, 3.05) is 13.1 Å². The predicted molar refractivity (Wildman–Crippen MR) is 36.0 cm³/mol. The first-order valence-corrected chi connectivity index (χ1v) is 3.30. The molecule has 6 heteroatoms. The summed E-state index contributed by atoms with van der Waals surface area (Å²) in [5.41, 5.74) is 0. The van der Waals surface area contributed by atoms with E-state index in [0.29, 0.717) is 6.29 Å². The van der Waals surface area contributed by atoms with Gasteiger partial charge in [0.25, 0.3) is 0 Å². The number of aldehydes is 1. The maximum Gasteiger partial charge on any atom is 0.405 e. The highest BCUT2D eigenvalue weighted by molar-refractivity contribution is 5.68. The summed E-state index contributed by atoms with van der Waals surface area (Å²) in [6.07, 6.45) is -2.64. The monoisotopic (exact) mass is 180 g/mol. The van der Waals surface area contributed by atoms with Crippen molar-refractivity contribution in [3.8, 4) is 0 Å². The van der Waals surface area contributed by atoms with Crippen LogP contribution in [0.1, 0.15) is 0 Å². The maximum absolute atomic E-state index is 11.7. The van der Waals surface area contributed by atoms with Gasteiger partial charge in [0.2, 0.25) is 0 Å². The van der Waals surface area contributed by atoms with Gasteiger partial charge in [0.1, 0.15) is 18.9 Å². The molecule has 0 aromatic heterocycles. The van der Waals surface area contributed by atoms with Crippen LogP contribution in [0.5, 0.6) is 0 Å². The summed E-state index contributed by atoms with van der Waals surface area (Å²) in [5, 5.41) is 0. The van der Waals surface area contributed by atoms with E-state index in [2.05, 4.69) is 4.99 Å². The van der Waals surface area contributed by atoms with Gasteiger partial charge in [-0.25, -0.2) is 0 Å². The Hall–Kier alpha value is -1.07. The van der Waals surface area contributed by atoms with Crippen LogP contribution in [0.25, 0.3) is 0 Å². The quantitative estimate of drug-likeness (QED) is 0.578. The van der Waals surface area contributed by atoms with E-state index in [0.717, 1.165) is 11.2 Å². The summed E-state index contributed by atoms with van der Waals surface area (Å²) in [6.45, 7) is -1.01. The number of hydrogen-bond donors (Lipinski definition) is 0. The molecule has 0 N–H and O–H groups in total. The average molecular weight is 180 g/mol. The van der Waals surface area contributed by atoms with E-state index in [4.69, 9.17) is 0 Å². The summed E-state index contributed by atoms with van der Waals surface area (Å²) < 4.78 is 35.2. The highest BCUT2D eigenvalue weighted by Crippen LogP contribution is 2.17. The Morgan fingerprint density at radius 3 is 2.75 bits per heavy atom. The lowest BCUT2D eigenvalue weighted by molar-refractivity contribution is -0.137. The summed E-state index contributed by atoms with van der Waals surface area (Å²) in [6, 6.07) is -0.632. The Kier molecular flexibility index (Phi) is 2.35. The number of carbonyl (C=O) groups is 1. The Bertz CT molecular complexity index is 201. The normalized spacial score (nSPS) is 23.2. The van der Waals surface area contributed by atoms with Crippen molar-refractivity contribution in [1.82, 2.24) is 4.90 Å². The molecule has 0 saturated carbocycles. The minimum atomic E-state index is -4.23. The molecule has 0 fully saturated rings. The third-order valence-corrected chi connectivity index (χ3v) is 1.38. The van der Waals surface area contributed by atoms with E-state index in [9.17, 15) is 18.0 Å². The zero-order valence-corrected chi connectivity index (χ0v) is 6.08. The second-order valence-corrected chi connectivity index (χ2v) is 2.51. The van der Waals surface area contributed by atoms with Gasteiger partial charge in [0, 0.05) is 6.54 Å². The van der Waals surface area contributed by atoms with Crippen LogP contribution < -0.4 is 0 Å². The molecule has 0 bridgehead atoms. The third-order valence-electron chi connectivity index (χ3n) is 1.38. The second-order valence-electron chi connectivity index (χ2n) is 2.51. The second kappa shape index (κ2) is 3.12. The fourth-order valence-corrected chi connectivity index (χ4v) is 0.928.